The van der Waals surface area contributed by atoms with E-state index in [4.69, 9.17) is 0 Å². The van der Waals surface area contributed by atoms with Crippen LogP contribution in [0.3, 0.4) is 0 Å². The Morgan fingerprint density at radius 1 is 1.44 bits per heavy atom. The number of urea groups is 1. The maximum Gasteiger partial charge on any atom is 0.321 e. The lowest BCUT2D eigenvalue weighted by Gasteiger charge is -2.37. The Morgan fingerprint density at radius 2 is 2.33 bits per heavy atom. The van der Waals surface area contributed by atoms with Crippen molar-refractivity contribution < 1.29 is 9.90 Å². The highest BCUT2D eigenvalue weighted by atomic mass is 16.3. The van der Waals surface area contributed by atoms with E-state index in [1.165, 1.54) is 0 Å². The molecule has 2 amide bonds. The van der Waals surface area contributed by atoms with E-state index in [-0.39, 0.29) is 11.8 Å². The van der Waals surface area contributed by atoms with E-state index in [1.807, 2.05) is 15.9 Å². The SMILES string of the molecule is O=C1N(Cc2cccc(O)c2)CCC2CNCN12. The molecular weight excluding hydrogens is 230 g/mol. The molecule has 2 heterocycles. The fourth-order valence-electron chi connectivity index (χ4n) is 2.68. The summed E-state index contributed by atoms with van der Waals surface area (Å²) in [5.74, 6) is 0.248. The second kappa shape index (κ2) is 4.49. The number of nitrogens with one attached hydrogen (secondary N) is 1. The van der Waals surface area contributed by atoms with Crippen LogP contribution in [-0.2, 0) is 6.54 Å². The lowest BCUT2D eigenvalue weighted by molar-refractivity contribution is 0.116. The molecule has 3 rings (SSSR count). The van der Waals surface area contributed by atoms with Crippen LogP contribution < -0.4 is 5.32 Å². The van der Waals surface area contributed by atoms with Crippen molar-refractivity contribution in [2.45, 2.75) is 19.0 Å². The number of phenolic OH excluding ortho intramolecular Hbond substituents is 1. The molecule has 2 saturated heterocycles. The second-order valence-corrected chi connectivity index (χ2v) is 4.90. The normalized spacial score (nSPS) is 23.3. The molecule has 1 unspecified atom stereocenters. The molecule has 2 fully saturated rings. The van der Waals surface area contributed by atoms with Gasteiger partial charge in [-0.1, -0.05) is 12.1 Å². The summed E-state index contributed by atoms with van der Waals surface area (Å²) in [6, 6.07) is 7.54. The molecule has 18 heavy (non-hydrogen) atoms. The fourth-order valence-corrected chi connectivity index (χ4v) is 2.68. The van der Waals surface area contributed by atoms with Gasteiger partial charge in [-0.3, -0.25) is 5.32 Å². The molecule has 0 spiro atoms. The van der Waals surface area contributed by atoms with Crippen LogP contribution in [-0.4, -0.2) is 46.7 Å². The monoisotopic (exact) mass is 247 g/mol. The van der Waals surface area contributed by atoms with E-state index >= 15 is 0 Å². The van der Waals surface area contributed by atoms with Gasteiger partial charge in [-0.2, -0.15) is 0 Å². The van der Waals surface area contributed by atoms with Crippen LogP contribution >= 0.6 is 0 Å². The number of nitrogens with zero attached hydrogens (tertiary/aromatic N) is 2. The molecule has 96 valence electrons. The third kappa shape index (κ3) is 2.01. The Hall–Kier alpha value is -1.75. The minimum Gasteiger partial charge on any atom is -0.508 e. The van der Waals surface area contributed by atoms with Gasteiger partial charge < -0.3 is 14.9 Å². The summed E-state index contributed by atoms with van der Waals surface area (Å²) >= 11 is 0. The Labute approximate surface area is 106 Å². The first kappa shape index (κ1) is 11.3. The summed E-state index contributed by atoms with van der Waals surface area (Å²) in [6.45, 7) is 2.92. The van der Waals surface area contributed by atoms with Crippen LogP contribution in [0.25, 0.3) is 0 Å². The van der Waals surface area contributed by atoms with Crippen LogP contribution in [0.4, 0.5) is 4.79 Å². The first-order valence-corrected chi connectivity index (χ1v) is 6.28. The highest BCUT2D eigenvalue weighted by molar-refractivity contribution is 5.76. The van der Waals surface area contributed by atoms with Gasteiger partial charge in [0.15, 0.2) is 0 Å². The van der Waals surface area contributed by atoms with Gasteiger partial charge in [0.05, 0.1) is 6.67 Å². The van der Waals surface area contributed by atoms with E-state index in [0.717, 1.165) is 25.1 Å². The molecule has 2 aliphatic rings. The van der Waals surface area contributed by atoms with E-state index in [2.05, 4.69) is 5.32 Å². The second-order valence-electron chi connectivity index (χ2n) is 4.90. The molecular formula is C13H17N3O2. The van der Waals surface area contributed by atoms with Gasteiger partial charge in [-0.25, -0.2) is 4.79 Å². The number of phenols is 1. The molecule has 0 aromatic heterocycles. The summed E-state index contributed by atoms with van der Waals surface area (Å²) in [6.07, 6.45) is 1.01. The third-order valence-electron chi connectivity index (χ3n) is 3.64. The summed E-state index contributed by atoms with van der Waals surface area (Å²) in [4.78, 5) is 16.0. The minimum atomic E-state index is 0.0968. The number of carbonyl (C=O) groups is 1. The smallest absolute Gasteiger partial charge is 0.321 e. The van der Waals surface area contributed by atoms with Crippen LogP contribution in [0.1, 0.15) is 12.0 Å². The first-order chi connectivity index (χ1) is 8.74. The van der Waals surface area contributed by atoms with Gasteiger partial charge in [0.2, 0.25) is 0 Å². The molecule has 0 radical (unpaired) electrons. The largest absolute Gasteiger partial charge is 0.508 e. The topological polar surface area (TPSA) is 55.8 Å². The first-order valence-electron chi connectivity index (χ1n) is 6.28. The Balaban J connectivity index is 1.71. The van der Waals surface area contributed by atoms with Crippen molar-refractivity contribution in [2.24, 2.45) is 0 Å². The van der Waals surface area contributed by atoms with E-state index in [9.17, 15) is 9.90 Å². The van der Waals surface area contributed by atoms with Crippen molar-refractivity contribution in [3.63, 3.8) is 0 Å². The van der Waals surface area contributed by atoms with Crippen molar-refractivity contribution in [1.29, 1.82) is 0 Å². The number of hydrogen-bond donors (Lipinski definition) is 2. The molecule has 5 nitrogen and oxygen atoms in total. The van der Waals surface area contributed by atoms with Gasteiger partial charge in [0.25, 0.3) is 0 Å². The summed E-state index contributed by atoms with van der Waals surface area (Å²) in [5.41, 5.74) is 0.967. The molecule has 1 aromatic rings. The van der Waals surface area contributed by atoms with E-state index < -0.39 is 0 Å². The Morgan fingerprint density at radius 3 is 3.17 bits per heavy atom. The minimum absolute atomic E-state index is 0.0968. The van der Waals surface area contributed by atoms with E-state index in [0.29, 0.717) is 19.3 Å². The summed E-state index contributed by atoms with van der Waals surface area (Å²) < 4.78 is 0. The highest BCUT2D eigenvalue weighted by Crippen LogP contribution is 2.21. The predicted molar refractivity (Wildman–Crippen MR) is 67.0 cm³/mol. The predicted octanol–water partition coefficient (Wildman–Crippen LogP) is 0.949. The lowest BCUT2D eigenvalue weighted by atomic mass is 10.1. The molecule has 1 aromatic carbocycles. The summed E-state index contributed by atoms with van der Waals surface area (Å²) in [7, 11) is 0. The van der Waals surface area contributed by atoms with Crippen LogP contribution in [0.15, 0.2) is 24.3 Å². The average molecular weight is 247 g/mol. The zero-order valence-electron chi connectivity index (χ0n) is 10.2. The zero-order valence-corrected chi connectivity index (χ0v) is 10.2. The molecule has 0 saturated carbocycles. The molecule has 0 aliphatic carbocycles. The van der Waals surface area contributed by atoms with Gasteiger partial charge in [0.1, 0.15) is 5.75 Å². The number of fused-ring (bicyclic) bond motifs is 1. The molecule has 5 heteroatoms. The van der Waals surface area contributed by atoms with Crippen molar-refractivity contribution in [1.82, 2.24) is 15.1 Å². The number of rotatable bonds is 2. The van der Waals surface area contributed by atoms with Crippen molar-refractivity contribution in [3.8, 4) is 5.75 Å². The van der Waals surface area contributed by atoms with Crippen LogP contribution in [0.5, 0.6) is 5.75 Å². The van der Waals surface area contributed by atoms with Crippen molar-refractivity contribution >= 4 is 6.03 Å². The standard InChI is InChI=1S/C13H17N3O2/c17-12-3-1-2-10(6-12)8-15-5-4-11-7-14-9-16(11)13(15)18/h1-3,6,11,14,17H,4-5,7-9H2. The van der Waals surface area contributed by atoms with Gasteiger partial charge >= 0.3 is 6.03 Å². The quantitative estimate of drug-likeness (QED) is 0.818. The number of carbonyl (C=O) groups excluding carboxylic acids is 1. The highest BCUT2D eigenvalue weighted by Gasteiger charge is 2.35. The zero-order chi connectivity index (χ0) is 12.5. The Bertz CT molecular complexity index is 463. The van der Waals surface area contributed by atoms with Crippen molar-refractivity contribution in [3.05, 3.63) is 29.8 Å². The molecule has 0 bridgehead atoms. The van der Waals surface area contributed by atoms with E-state index in [1.54, 1.807) is 18.2 Å². The molecule has 1 atom stereocenters. The van der Waals surface area contributed by atoms with Crippen molar-refractivity contribution in [2.75, 3.05) is 19.8 Å². The molecule has 2 aliphatic heterocycles. The third-order valence-corrected chi connectivity index (χ3v) is 3.64. The lowest BCUT2D eigenvalue weighted by Crippen LogP contribution is -2.51. The number of amides is 2. The Kier molecular flexibility index (Phi) is 2.83. The molecule has 2 N–H and O–H groups in total. The maximum absolute atomic E-state index is 12.2. The van der Waals surface area contributed by atoms with Gasteiger partial charge in [-0.15, -0.1) is 0 Å². The average Bonchev–Trinajstić information content (AvgIpc) is 2.82. The van der Waals surface area contributed by atoms with Crippen LogP contribution in [0.2, 0.25) is 0 Å². The number of aromatic hydroxyl groups is 1. The number of benzene rings is 1. The van der Waals surface area contributed by atoms with Crippen LogP contribution in [0, 0.1) is 0 Å². The number of hydrogen-bond acceptors (Lipinski definition) is 3. The van der Waals surface area contributed by atoms with Gasteiger partial charge in [0, 0.05) is 25.7 Å². The fraction of sp³-hybridized carbons (Fsp3) is 0.462. The van der Waals surface area contributed by atoms with Gasteiger partial charge in [-0.05, 0) is 24.1 Å². The maximum atomic E-state index is 12.2. The summed E-state index contributed by atoms with van der Waals surface area (Å²) in [5, 5.41) is 12.7.